The Morgan fingerprint density at radius 3 is 2.23 bits per heavy atom. The average molecular weight is 643 g/mol. The third-order valence-electron chi connectivity index (χ3n) is 8.56. The second kappa shape index (κ2) is 16.6. The van der Waals surface area contributed by atoms with Crippen molar-refractivity contribution in [2.45, 2.75) is 110 Å². The second-order valence-electron chi connectivity index (χ2n) is 11.8. The molecule has 19 nitrogen and oxygen atoms in total. The first-order chi connectivity index (χ1) is 20.8. The van der Waals surface area contributed by atoms with Crippen LogP contribution in [-0.4, -0.2) is 182 Å². The van der Waals surface area contributed by atoms with Gasteiger partial charge in [0.2, 0.25) is 5.91 Å². The number of aliphatic hydroxyl groups excluding tert-OH is 9. The van der Waals surface area contributed by atoms with Crippen molar-refractivity contribution in [2.24, 2.45) is 28.9 Å². The first kappa shape index (κ1) is 37.2. The molecule has 0 spiro atoms. The Hall–Kier alpha value is -1.21. The molecule has 2 aliphatic heterocycles. The van der Waals surface area contributed by atoms with E-state index >= 15 is 0 Å². The molecule has 44 heavy (non-hydrogen) atoms. The Morgan fingerprint density at radius 2 is 1.61 bits per heavy atom. The lowest BCUT2D eigenvalue weighted by molar-refractivity contribution is -0.310. The van der Waals surface area contributed by atoms with E-state index in [9.17, 15) is 45.6 Å². The zero-order valence-electron chi connectivity index (χ0n) is 24.2. The van der Waals surface area contributed by atoms with Crippen molar-refractivity contribution < 1.29 is 65.0 Å². The molecule has 2 heterocycles. The van der Waals surface area contributed by atoms with Gasteiger partial charge in [0, 0.05) is 31.1 Å². The Morgan fingerprint density at radius 1 is 0.932 bits per heavy atom. The number of nitrogens with two attached hydrogens (primary N) is 4. The Bertz CT molecular complexity index is 897. The van der Waals surface area contributed by atoms with E-state index in [4.69, 9.17) is 42.3 Å². The van der Waals surface area contributed by atoms with Crippen LogP contribution >= 0.6 is 0 Å². The molecular formula is C25H50N6O13. The van der Waals surface area contributed by atoms with Gasteiger partial charge >= 0.3 is 0 Å². The summed E-state index contributed by atoms with van der Waals surface area (Å²) in [5.41, 5.74) is 23.5. The fourth-order valence-electron chi connectivity index (χ4n) is 5.94. The van der Waals surface area contributed by atoms with Crippen molar-refractivity contribution in [3.8, 4) is 0 Å². The molecule has 17 atom stereocenters. The summed E-state index contributed by atoms with van der Waals surface area (Å²) in [5.74, 6) is -2.05. The van der Waals surface area contributed by atoms with Gasteiger partial charge in [-0.05, 0) is 19.4 Å². The number of aliphatic hydroxyl groups is 9. The van der Waals surface area contributed by atoms with Crippen molar-refractivity contribution in [3.05, 3.63) is 0 Å². The average Bonchev–Trinajstić information content (AvgIpc) is 2.99. The number of nitrogens with one attached hydrogen (secondary N) is 2. The number of hydrogen-bond donors (Lipinski definition) is 15. The Kier molecular flexibility index (Phi) is 14.0. The zero-order chi connectivity index (χ0) is 32.9. The monoisotopic (exact) mass is 642 g/mol. The summed E-state index contributed by atoms with van der Waals surface area (Å²) < 4.78 is 17.4. The van der Waals surface area contributed by atoms with E-state index in [1.54, 1.807) is 0 Å². The highest BCUT2D eigenvalue weighted by atomic mass is 16.7. The van der Waals surface area contributed by atoms with Crippen LogP contribution in [0.1, 0.15) is 12.8 Å². The molecule has 0 aromatic heterocycles. The van der Waals surface area contributed by atoms with E-state index in [0.717, 1.165) is 0 Å². The smallest absolute Gasteiger partial charge is 0.249 e. The number of hydrogen-bond acceptors (Lipinski definition) is 18. The minimum absolute atomic E-state index is 0.00130. The minimum Gasteiger partial charge on any atom is -0.395 e. The standard InChI is InChI=1S/C25H50N6O13/c26-2-1-11(34)24(41)31-10-3-9(28)14(18(37)22(10)44-25-19(38)15(29)16(35)13(7-33)43-25)23-21(40)20(39)17(36)12(42-23)5-30-4-8(27)6-32/h8-23,25,30,32-40H,1-7,26-29H2,(H,31,41)/t8?,9-,10+,11-,12+,13+,14?,15-,16+,17+,18-,19+,20-,21+,22-,23+,25+/m0/s1. The molecule has 0 bridgehead atoms. The van der Waals surface area contributed by atoms with Crippen LogP contribution < -0.4 is 33.6 Å². The fraction of sp³-hybridized carbons (Fsp3) is 0.960. The van der Waals surface area contributed by atoms with Gasteiger partial charge < -0.3 is 93.7 Å². The van der Waals surface area contributed by atoms with Crippen LogP contribution in [0.3, 0.4) is 0 Å². The van der Waals surface area contributed by atoms with E-state index in [0.29, 0.717) is 0 Å². The van der Waals surface area contributed by atoms with Crippen LogP contribution in [0.4, 0.5) is 0 Å². The van der Waals surface area contributed by atoms with E-state index in [2.05, 4.69) is 10.6 Å². The number of amides is 1. The lowest BCUT2D eigenvalue weighted by Gasteiger charge is -2.52. The summed E-state index contributed by atoms with van der Waals surface area (Å²) in [4.78, 5) is 12.7. The van der Waals surface area contributed by atoms with E-state index < -0.39 is 116 Å². The van der Waals surface area contributed by atoms with E-state index in [1.807, 2.05) is 0 Å². The number of rotatable bonds is 13. The summed E-state index contributed by atoms with van der Waals surface area (Å²) in [5, 5.41) is 99.1. The predicted molar refractivity (Wildman–Crippen MR) is 149 cm³/mol. The zero-order valence-corrected chi connectivity index (χ0v) is 24.2. The van der Waals surface area contributed by atoms with Gasteiger partial charge in [-0.25, -0.2) is 0 Å². The van der Waals surface area contributed by atoms with Gasteiger partial charge in [0.25, 0.3) is 0 Å². The molecule has 19 N–H and O–H groups in total. The third-order valence-corrected chi connectivity index (χ3v) is 8.56. The molecule has 3 rings (SSSR count). The maximum Gasteiger partial charge on any atom is 0.249 e. The van der Waals surface area contributed by atoms with Gasteiger partial charge in [0.1, 0.15) is 48.8 Å². The van der Waals surface area contributed by atoms with Gasteiger partial charge in [0.15, 0.2) is 6.29 Å². The molecule has 1 amide bonds. The van der Waals surface area contributed by atoms with Gasteiger partial charge in [-0.2, -0.15) is 0 Å². The van der Waals surface area contributed by atoms with Gasteiger partial charge in [-0.15, -0.1) is 0 Å². The Balaban J connectivity index is 1.88. The highest BCUT2D eigenvalue weighted by molar-refractivity contribution is 5.80. The highest BCUT2D eigenvalue weighted by Gasteiger charge is 2.56. The molecule has 258 valence electrons. The summed E-state index contributed by atoms with van der Waals surface area (Å²) in [7, 11) is 0. The highest BCUT2D eigenvalue weighted by Crippen LogP contribution is 2.37. The lowest BCUT2D eigenvalue weighted by atomic mass is 9.72. The third kappa shape index (κ3) is 8.38. The molecule has 3 aliphatic rings. The first-order valence-electron chi connectivity index (χ1n) is 14.7. The summed E-state index contributed by atoms with van der Waals surface area (Å²) in [6.45, 7) is -0.912. The quantitative estimate of drug-likeness (QED) is 0.0886. The lowest BCUT2D eigenvalue weighted by Crippen LogP contribution is -2.71. The summed E-state index contributed by atoms with van der Waals surface area (Å²) >= 11 is 0. The van der Waals surface area contributed by atoms with Crippen LogP contribution in [0.5, 0.6) is 0 Å². The summed E-state index contributed by atoms with van der Waals surface area (Å²) in [6, 6.07) is -4.07. The van der Waals surface area contributed by atoms with Gasteiger partial charge in [-0.3, -0.25) is 4.79 Å². The van der Waals surface area contributed by atoms with Crippen molar-refractivity contribution in [2.75, 3.05) is 32.8 Å². The van der Waals surface area contributed by atoms with Crippen molar-refractivity contribution in [1.29, 1.82) is 0 Å². The molecule has 0 radical (unpaired) electrons. The SMILES string of the molecule is NCC[C@H](O)C(=O)N[C@@H]1C[C@H](N)C([C@H]2O[C@H](CNCC(N)CO)[C@@H](O)[C@H](O)[C@H]2O)[C@H](O)[C@H]1O[C@H]1O[C@H](CO)[C@@H](O)[C@H](N)[C@H]1O. The van der Waals surface area contributed by atoms with Crippen LogP contribution in [0.2, 0.25) is 0 Å². The van der Waals surface area contributed by atoms with E-state index in [1.165, 1.54) is 0 Å². The molecular weight excluding hydrogens is 592 g/mol. The van der Waals surface area contributed by atoms with Crippen molar-refractivity contribution >= 4 is 5.91 Å². The molecule has 0 aromatic rings. The fourth-order valence-corrected chi connectivity index (χ4v) is 5.94. The summed E-state index contributed by atoms with van der Waals surface area (Å²) in [6.07, 6.45) is -18.3. The minimum atomic E-state index is -1.73. The van der Waals surface area contributed by atoms with Crippen LogP contribution in [0.15, 0.2) is 0 Å². The number of ether oxygens (including phenoxy) is 3. The van der Waals surface area contributed by atoms with Crippen LogP contribution in [-0.2, 0) is 19.0 Å². The molecule has 0 aromatic carbocycles. The van der Waals surface area contributed by atoms with Gasteiger partial charge in [0.05, 0.1) is 43.6 Å². The predicted octanol–water partition coefficient (Wildman–Crippen LogP) is -9.20. The van der Waals surface area contributed by atoms with Crippen molar-refractivity contribution in [1.82, 2.24) is 10.6 Å². The molecule has 1 aliphatic carbocycles. The molecule has 1 saturated carbocycles. The molecule has 19 heteroatoms. The van der Waals surface area contributed by atoms with Crippen molar-refractivity contribution in [3.63, 3.8) is 0 Å². The number of carbonyl (C=O) groups is 1. The molecule has 3 fully saturated rings. The maximum atomic E-state index is 12.7. The van der Waals surface area contributed by atoms with Gasteiger partial charge in [-0.1, -0.05) is 0 Å². The van der Waals surface area contributed by atoms with Crippen LogP contribution in [0, 0.1) is 5.92 Å². The second-order valence-corrected chi connectivity index (χ2v) is 11.8. The topological polar surface area (TPSA) is 355 Å². The maximum absolute atomic E-state index is 12.7. The molecule has 2 saturated heterocycles. The normalized spacial score (nSPS) is 44.6. The molecule has 2 unspecified atom stereocenters. The number of carbonyl (C=O) groups excluding carboxylic acids is 1. The Labute approximate surface area is 254 Å². The van der Waals surface area contributed by atoms with Crippen LogP contribution in [0.25, 0.3) is 0 Å². The van der Waals surface area contributed by atoms with E-state index in [-0.39, 0.29) is 39.1 Å². The first-order valence-corrected chi connectivity index (χ1v) is 14.7. The largest absolute Gasteiger partial charge is 0.395 e.